The van der Waals surface area contributed by atoms with Gasteiger partial charge in [0.2, 0.25) is 0 Å². The fourth-order valence-electron chi connectivity index (χ4n) is 2.08. The van der Waals surface area contributed by atoms with Crippen LogP contribution in [0.4, 0.5) is 0 Å². The first-order valence-corrected chi connectivity index (χ1v) is 7.66. The molecule has 2 atom stereocenters. The van der Waals surface area contributed by atoms with Crippen LogP contribution in [-0.2, 0) is 6.42 Å². The van der Waals surface area contributed by atoms with E-state index in [-0.39, 0.29) is 0 Å². The van der Waals surface area contributed by atoms with Crippen LogP contribution in [-0.4, -0.2) is 29.1 Å². The van der Waals surface area contributed by atoms with E-state index in [1.54, 1.807) is 0 Å². The molecule has 16 heavy (non-hydrogen) atoms. The molecule has 4 heteroatoms. The molecule has 0 spiro atoms. The van der Waals surface area contributed by atoms with E-state index >= 15 is 0 Å². The number of hydrogen-bond donors (Lipinski definition) is 1. The highest BCUT2D eigenvalue weighted by molar-refractivity contribution is 9.10. The summed E-state index contributed by atoms with van der Waals surface area (Å²) in [5, 5.41) is 3.57. The average molecular weight is 301 g/mol. The van der Waals surface area contributed by atoms with Crippen LogP contribution in [0.2, 0.25) is 0 Å². The standard InChI is InChI=1S/C12H17BrN2S/c1-2-14-12-8-16-7-9(12)5-11-4-3-10(13)6-15-11/h3-4,6,9,12,14H,2,5,7-8H2,1H3. The van der Waals surface area contributed by atoms with Crippen LogP contribution < -0.4 is 5.32 Å². The van der Waals surface area contributed by atoms with Gasteiger partial charge in [-0.3, -0.25) is 4.98 Å². The number of rotatable bonds is 4. The summed E-state index contributed by atoms with van der Waals surface area (Å²) in [5.41, 5.74) is 1.21. The summed E-state index contributed by atoms with van der Waals surface area (Å²) < 4.78 is 1.06. The van der Waals surface area contributed by atoms with Gasteiger partial charge in [0.1, 0.15) is 0 Å². The van der Waals surface area contributed by atoms with E-state index in [9.17, 15) is 0 Å². The van der Waals surface area contributed by atoms with E-state index in [2.05, 4.69) is 57.0 Å². The second-order valence-electron chi connectivity index (χ2n) is 4.13. The minimum Gasteiger partial charge on any atom is -0.313 e. The highest BCUT2D eigenvalue weighted by atomic mass is 79.9. The minimum absolute atomic E-state index is 0.667. The van der Waals surface area contributed by atoms with E-state index in [4.69, 9.17) is 0 Å². The van der Waals surface area contributed by atoms with Gasteiger partial charge >= 0.3 is 0 Å². The molecule has 2 rings (SSSR count). The molecule has 0 aromatic carbocycles. The molecule has 0 saturated carbocycles. The molecule has 0 bridgehead atoms. The van der Waals surface area contributed by atoms with Gasteiger partial charge in [-0.15, -0.1) is 0 Å². The number of nitrogens with zero attached hydrogens (tertiary/aromatic N) is 1. The van der Waals surface area contributed by atoms with Gasteiger partial charge in [0.15, 0.2) is 0 Å². The second kappa shape index (κ2) is 6.03. The largest absolute Gasteiger partial charge is 0.313 e. The van der Waals surface area contributed by atoms with Crippen molar-refractivity contribution in [2.45, 2.75) is 19.4 Å². The molecular weight excluding hydrogens is 284 g/mol. The maximum Gasteiger partial charge on any atom is 0.0413 e. The third-order valence-corrected chi connectivity index (χ3v) is 4.65. The van der Waals surface area contributed by atoms with Crippen molar-refractivity contribution in [3.8, 4) is 0 Å². The van der Waals surface area contributed by atoms with E-state index in [1.807, 2.05) is 6.20 Å². The number of hydrogen-bond acceptors (Lipinski definition) is 3. The molecule has 0 amide bonds. The van der Waals surface area contributed by atoms with Crippen LogP contribution in [0.25, 0.3) is 0 Å². The van der Waals surface area contributed by atoms with Crippen molar-refractivity contribution in [3.05, 3.63) is 28.5 Å². The van der Waals surface area contributed by atoms with Crippen molar-refractivity contribution in [1.29, 1.82) is 0 Å². The number of nitrogens with one attached hydrogen (secondary N) is 1. The number of pyridine rings is 1. The van der Waals surface area contributed by atoms with Crippen molar-refractivity contribution in [2.24, 2.45) is 5.92 Å². The Hall–Kier alpha value is -0.0600. The van der Waals surface area contributed by atoms with Crippen LogP contribution in [0.1, 0.15) is 12.6 Å². The Bertz CT molecular complexity index is 328. The molecule has 0 radical (unpaired) electrons. The quantitative estimate of drug-likeness (QED) is 0.925. The molecule has 1 aromatic rings. The van der Waals surface area contributed by atoms with Crippen molar-refractivity contribution in [2.75, 3.05) is 18.1 Å². The monoisotopic (exact) mass is 300 g/mol. The zero-order valence-electron chi connectivity index (χ0n) is 9.45. The zero-order valence-corrected chi connectivity index (χ0v) is 11.9. The van der Waals surface area contributed by atoms with E-state index in [1.165, 1.54) is 17.2 Å². The number of halogens is 1. The Kier molecular flexibility index (Phi) is 4.67. The molecule has 2 heterocycles. The molecule has 1 fully saturated rings. The first-order valence-electron chi connectivity index (χ1n) is 5.71. The smallest absolute Gasteiger partial charge is 0.0413 e. The lowest BCUT2D eigenvalue weighted by molar-refractivity contribution is 0.430. The molecule has 1 N–H and O–H groups in total. The normalized spacial score (nSPS) is 24.9. The maximum atomic E-state index is 4.45. The topological polar surface area (TPSA) is 24.9 Å². The lowest BCUT2D eigenvalue weighted by atomic mass is 9.97. The molecular formula is C12H17BrN2S. The van der Waals surface area contributed by atoms with Gasteiger partial charge in [0, 0.05) is 28.2 Å². The SMILES string of the molecule is CCNC1CSCC1Cc1ccc(Br)cn1. The highest BCUT2D eigenvalue weighted by Crippen LogP contribution is 2.27. The van der Waals surface area contributed by atoms with E-state index in [0.29, 0.717) is 6.04 Å². The predicted molar refractivity (Wildman–Crippen MR) is 73.9 cm³/mol. The second-order valence-corrected chi connectivity index (χ2v) is 6.12. The van der Waals surface area contributed by atoms with Gasteiger partial charge in [-0.05, 0) is 52.7 Å². The summed E-state index contributed by atoms with van der Waals surface area (Å²) in [5.74, 6) is 3.24. The summed E-state index contributed by atoms with van der Waals surface area (Å²) in [6.45, 7) is 3.24. The number of aromatic nitrogens is 1. The lowest BCUT2D eigenvalue weighted by Crippen LogP contribution is -2.36. The Balaban J connectivity index is 1.95. The van der Waals surface area contributed by atoms with Gasteiger partial charge in [-0.2, -0.15) is 11.8 Å². The van der Waals surface area contributed by atoms with Gasteiger partial charge < -0.3 is 5.32 Å². The summed E-state index contributed by atoms with van der Waals surface area (Å²) >= 11 is 5.47. The van der Waals surface area contributed by atoms with Crippen LogP contribution in [0.3, 0.4) is 0 Å². The van der Waals surface area contributed by atoms with Gasteiger partial charge in [-0.25, -0.2) is 0 Å². The Morgan fingerprint density at radius 2 is 2.38 bits per heavy atom. The van der Waals surface area contributed by atoms with Crippen LogP contribution in [0.5, 0.6) is 0 Å². The average Bonchev–Trinajstić information content (AvgIpc) is 2.70. The predicted octanol–water partition coefficient (Wildman–Crippen LogP) is 2.73. The molecule has 88 valence electrons. The van der Waals surface area contributed by atoms with Gasteiger partial charge in [0.25, 0.3) is 0 Å². The molecule has 1 saturated heterocycles. The minimum atomic E-state index is 0.667. The molecule has 0 aliphatic carbocycles. The van der Waals surface area contributed by atoms with Gasteiger partial charge in [-0.1, -0.05) is 6.92 Å². The summed E-state index contributed by atoms with van der Waals surface area (Å²) in [4.78, 5) is 4.45. The Morgan fingerprint density at radius 1 is 1.50 bits per heavy atom. The van der Waals surface area contributed by atoms with E-state index in [0.717, 1.165) is 23.4 Å². The van der Waals surface area contributed by atoms with Crippen molar-refractivity contribution < 1.29 is 0 Å². The van der Waals surface area contributed by atoms with Crippen LogP contribution in [0.15, 0.2) is 22.8 Å². The van der Waals surface area contributed by atoms with Crippen LogP contribution >= 0.6 is 27.7 Å². The van der Waals surface area contributed by atoms with Gasteiger partial charge in [0.05, 0.1) is 0 Å². The van der Waals surface area contributed by atoms with Crippen molar-refractivity contribution in [1.82, 2.24) is 10.3 Å². The molecule has 1 aliphatic rings. The summed E-state index contributed by atoms with van der Waals surface area (Å²) in [6.07, 6.45) is 2.98. The summed E-state index contributed by atoms with van der Waals surface area (Å²) in [7, 11) is 0. The van der Waals surface area contributed by atoms with Crippen molar-refractivity contribution >= 4 is 27.7 Å². The molecule has 2 unspecified atom stereocenters. The van der Waals surface area contributed by atoms with Crippen molar-refractivity contribution in [3.63, 3.8) is 0 Å². The molecule has 1 aliphatic heterocycles. The highest BCUT2D eigenvalue weighted by Gasteiger charge is 2.27. The zero-order chi connectivity index (χ0) is 11.4. The van der Waals surface area contributed by atoms with E-state index < -0.39 is 0 Å². The van der Waals surface area contributed by atoms with Crippen LogP contribution in [0, 0.1) is 5.92 Å². The molecule has 1 aromatic heterocycles. The Labute approximate surface area is 110 Å². The Morgan fingerprint density at radius 3 is 3.06 bits per heavy atom. The molecule has 2 nitrogen and oxygen atoms in total. The third kappa shape index (κ3) is 3.22. The fourth-order valence-corrected chi connectivity index (χ4v) is 3.75. The first-order chi connectivity index (χ1) is 7.79. The first kappa shape index (κ1) is 12.4. The fraction of sp³-hybridized carbons (Fsp3) is 0.583. The summed E-state index contributed by atoms with van der Waals surface area (Å²) in [6, 6.07) is 4.86. The number of thioether (sulfide) groups is 1. The third-order valence-electron chi connectivity index (χ3n) is 2.92. The maximum absolute atomic E-state index is 4.45. The lowest BCUT2D eigenvalue weighted by Gasteiger charge is -2.18.